The third-order valence-corrected chi connectivity index (χ3v) is 3.84. The summed E-state index contributed by atoms with van der Waals surface area (Å²) in [4.78, 5) is 18.6. The van der Waals surface area contributed by atoms with E-state index in [1.807, 2.05) is 33.7 Å². The second kappa shape index (κ2) is 5.03. The van der Waals surface area contributed by atoms with Gasteiger partial charge in [-0.25, -0.2) is 4.98 Å². The summed E-state index contributed by atoms with van der Waals surface area (Å²) in [7, 11) is 0. The molecule has 0 N–H and O–H groups in total. The highest BCUT2D eigenvalue weighted by Crippen LogP contribution is 2.17. The van der Waals surface area contributed by atoms with Gasteiger partial charge in [-0.15, -0.1) is 0 Å². The predicted octanol–water partition coefficient (Wildman–Crippen LogP) is 2.29. The van der Waals surface area contributed by atoms with Crippen molar-refractivity contribution in [2.24, 2.45) is 5.92 Å². The van der Waals surface area contributed by atoms with E-state index in [1.165, 1.54) is 6.42 Å². The lowest BCUT2D eigenvalue weighted by Crippen LogP contribution is -2.40. The summed E-state index contributed by atoms with van der Waals surface area (Å²) in [5.41, 5.74) is 1.98. The number of fused-ring (bicyclic) bond motifs is 1. The number of rotatable bonds is 2. The highest BCUT2D eigenvalue weighted by Gasteiger charge is 2.21. The van der Waals surface area contributed by atoms with E-state index in [0.717, 1.165) is 30.5 Å². The minimum atomic E-state index is 0.203. The molecule has 4 nitrogen and oxygen atoms in total. The van der Waals surface area contributed by atoms with Crippen LogP contribution in [0.4, 0.5) is 0 Å². The summed E-state index contributed by atoms with van der Waals surface area (Å²) in [6.45, 7) is 4.40. The first-order valence-corrected chi connectivity index (χ1v) is 6.91. The number of hydrogen-bond donors (Lipinski definition) is 0. The van der Waals surface area contributed by atoms with Crippen molar-refractivity contribution < 1.29 is 4.79 Å². The topological polar surface area (TPSA) is 38.1 Å². The molecule has 1 fully saturated rings. The number of likely N-dealkylation sites (tertiary alicyclic amines) is 1. The zero-order valence-corrected chi connectivity index (χ0v) is 11.2. The van der Waals surface area contributed by atoms with E-state index >= 15 is 0 Å². The second-order valence-corrected chi connectivity index (χ2v) is 5.45. The summed E-state index contributed by atoms with van der Waals surface area (Å²) >= 11 is 0. The van der Waals surface area contributed by atoms with Crippen molar-refractivity contribution >= 4 is 16.9 Å². The fraction of sp³-hybridized carbons (Fsp3) is 0.467. The molecule has 1 aromatic carbocycles. The molecule has 0 spiro atoms. The Kier molecular flexibility index (Phi) is 3.23. The number of amides is 1. The van der Waals surface area contributed by atoms with Crippen molar-refractivity contribution in [3.63, 3.8) is 0 Å². The van der Waals surface area contributed by atoms with Gasteiger partial charge in [0.25, 0.3) is 0 Å². The number of imidazole rings is 1. The highest BCUT2D eigenvalue weighted by molar-refractivity contribution is 5.80. The van der Waals surface area contributed by atoms with Crippen LogP contribution in [0.5, 0.6) is 0 Å². The van der Waals surface area contributed by atoms with E-state index in [-0.39, 0.29) is 5.91 Å². The molecular weight excluding hydrogens is 238 g/mol. The van der Waals surface area contributed by atoms with Gasteiger partial charge in [0, 0.05) is 13.1 Å². The van der Waals surface area contributed by atoms with E-state index in [2.05, 4.69) is 11.9 Å². The SMILES string of the molecule is CC1CCCN(C(=O)Cn2cnc3ccccc32)C1. The molecule has 0 bridgehead atoms. The normalized spacial score (nSPS) is 19.8. The van der Waals surface area contributed by atoms with Crippen LogP contribution >= 0.6 is 0 Å². The van der Waals surface area contributed by atoms with Crippen LogP contribution in [-0.4, -0.2) is 33.4 Å². The van der Waals surface area contributed by atoms with Gasteiger partial charge in [-0.05, 0) is 30.9 Å². The van der Waals surface area contributed by atoms with Crippen LogP contribution in [0.15, 0.2) is 30.6 Å². The summed E-state index contributed by atoms with van der Waals surface area (Å²) in [5.74, 6) is 0.826. The van der Waals surface area contributed by atoms with Crippen molar-refractivity contribution in [2.75, 3.05) is 13.1 Å². The maximum absolute atomic E-state index is 12.3. The Morgan fingerprint density at radius 1 is 1.42 bits per heavy atom. The number of para-hydroxylation sites is 2. The van der Waals surface area contributed by atoms with Crippen LogP contribution in [0, 0.1) is 5.92 Å². The van der Waals surface area contributed by atoms with Crippen molar-refractivity contribution in [3.05, 3.63) is 30.6 Å². The minimum Gasteiger partial charge on any atom is -0.341 e. The third-order valence-electron chi connectivity index (χ3n) is 3.84. The number of aromatic nitrogens is 2. The molecular formula is C15H19N3O. The molecule has 0 radical (unpaired) electrons. The van der Waals surface area contributed by atoms with E-state index < -0.39 is 0 Å². The molecule has 1 atom stereocenters. The van der Waals surface area contributed by atoms with Gasteiger partial charge in [-0.1, -0.05) is 19.1 Å². The predicted molar refractivity (Wildman–Crippen MR) is 74.7 cm³/mol. The molecule has 1 amide bonds. The average molecular weight is 257 g/mol. The van der Waals surface area contributed by atoms with Gasteiger partial charge < -0.3 is 9.47 Å². The largest absolute Gasteiger partial charge is 0.341 e. The van der Waals surface area contributed by atoms with Crippen molar-refractivity contribution in [3.8, 4) is 0 Å². The van der Waals surface area contributed by atoms with Crippen LogP contribution in [0.3, 0.4) is 0 Å². The van der Waals surface area contributed by atoms with Crippen LogP contribution in [0.2, 0.25) is 0 Å². The molecule has 1 aromatic heterocycles. The first-order valence-electron chi connectivity index (χ1n) is 6.91. The first-order chi connectivity index (χ1) is 9.24. The standard InChI is InChI=1S/C15H19N3O/c1-12-5-4-8-17(9-12)15(19)10-18-11-16-13-6-2-3-7-14(13)18/h2-3,6-7,11-12H,4-5,8-10H2,1H3. The Morgan fingerprint density at radius 3 is 3.11 bits per heavy atom. The first kappa shape index (κ1) is 12.2. The number of hydrogen-bond acceptors (Lipinski definition) is 2. The molecule has 2 heterocycles. The van der Waals surface area contributed by atoms with Gasteiger partial charge in [0.15, 0.2) is 0 Å². The Balaban J connectivity index is 1.75. The van der Waals surface area contributed by atoms with Crippen molar-refractivity contribution in [2.45, 2.75) is 26.3 Å². The molecule has 4 heteroatoms. The Labute approximate surface area is 113 Å². The molecule has 1 aliphatic heterocycles. The monoisotopic (exact) mass is 257 g/mol. The highest BCUT2D eigenvalue weighted by atomic mass is 16.2. The third kappa shape index (κ3) is 2.48. The number of carbonyl (C=O) groups is 1. The summed E-state index contributed by atoms with van der Waals surface area (Å²) < 4.78 is 1.94. The lowest BCUT2D eigenvalue weighted by atomic mass is 10.0. The molecule has 1 aliphatic rings. The molecule has 1 saturated heterocycles. The molecule has 19 heavy (non-hydrogen) atoms. The maximum atomic E-state index is 12.3. The zero-order chi connectivity index (χ0) is 13.2. The zero-order valence-electron chi connectivity index (χ0n) is 11.2. The number of nitrogens with zero attached hydrogens (tertiary/aromatic N) is 3. The molecule has 0 saturated carbocycles. The van der Waals surface area contributed by atoms with Crippen LogP contribution in [0.1, 0.15) is 19.8 Å². The summed E-state index contributed by atoms with van der Waals surface area (Å²) in [5, 5.41) is 0. The van der Waals surface area contributed by atoms with Gasteiger partial charge >= 0.3 is 0 Å². The van der Waals surface area contributed by atoms with Gasteiger partial charge in [-0.3, -0.25) is 4.79 Å². The van der Waals surface area contributed by atoms with Gasteiger partial charge in [0.1, 0.15) is 6.54 Å². The molecule has 1 unspecified atom stereocenters. The van der Waals surface area contributed by atoms with E-state index in [4.69, 9.17) is 0 Å². The van der Waals surface area contributed by atoms with Gasteiger partial charge in [-0.2, -0.15) is 0 Å². The molecule has 100 valence electrons. The summed E-state index contributed by atoms with van der Waals surface area (Å²) in [6, 6.07) is 7.93. The molecule has 0 aliphatic carbocycles. The number of benzene rings is 1. The Hall–Kier alpha value is -1.84. The average Bonchev–Trinajstić information content (AvgIpc) is 2.82. The Bertz CT molecular complexity index is 590. The van der Waals surface area contributed by atoms with Gasteiger partial charge in [0.2, 0.25) is 5.91 Å². The fourth-order valence-electron chi connectivity index (χ4n) is 2.80. The van der Waals surface area contributed by atoms with E-state index in [9.17, 15) is 4.79 Å². The fourth-order valence-corrected chi connectivity index (χ4v) is 2.80. The van der Waals surface area contributed by atoms with Crippen LogP contribution in [-0.2, 0) is 11.3 Å². The lowest BCUT2D eigenvalue weighted by molar-refractivity contribution is -0.133. The van der Waals surface area contributed by atoms with Crippen molar-refractivity contribution in [1.82, 2.24) is 14.5 Å². The maximum Gasteiger partial charge on any atom is 0.242 e. The minimum absolute atomic E-state index is 0.203. The smallest absolute Gasteiger partial charge is 0.242 e. The van der Waals surface area contributed by atoms with Crippen molar-refractivity contribution in [1.29, 1.82) is 0 Å². The van der Waals surface area contributed by atoms with Gasteiger partial charge in [0.05, 0.1) is 17.4 Å². The van der Waals surface area contributed by atoms with Crippen LogP contribution in [0.25, 0.3) is 11.0 Å². The second-order valence-electron chi connectivity index (χ2n) is 5.45. The number of piperidine rings is 1. The Morgan fingerprint density at radius 2 is 2.26 bits per heavy atom. The van der Waals surface area contributed by atoms with E-state index in [0.29, 0.717) is 12.5 Å². The number of carbonyl (C=O) groups excluding carboxylic acids is 1. The van der Waals surface area contributed by atoms with E-state index in [1.54, 1.807) is 6.33 Å². The quantitative estimate of drug-likeness (QED) is 0.828. The van der Waals surface area contributed by atoms with Crippen LogP contribution < -0.4 is 0 Å². The molecule has 2 aromatic rings. The summed E-state index contributed by atoms with van der Waals surface area (Å²) in [6.07, 6.45) is 4.12. The lowest BCUT2D eigenvalue weighted by Gasteiger charge is -2.31. The molecule has 3 rings (SSSR count).